The van der Waals surface area contributed by atoms with E-state index in [-0.39, 0.29) is 29.6 Å². The first kappa shape index (κ1) is 20.0. The fraction of sp³-hybridized carbons (Fsp3) is 0.250. The van der Waals surface area contributed by atoms with Gasteiger partial charge < -0.3 is 4.89 Å². The zero-order valence-electron chi connectivity index (χ0n) is 13.0. The molecule has 0 heterocycles. The second-order valence-corrected chi connectivity index (χ2v) is 9.03. The van der Waals surface area contributed by atoms with Crippen LogP contribution in [0.3, 0.4) is 0 Å². The average molecular weight is 344 g/mol. The maximum Gasteiger partial charge on any atom is 1.00 e. The van der Waals surface area contributed by atoms with E-state index in [0.717, 1.165) is 28.9 Å². The van der Waals surface area contributed by atoms with Gasteiger partial charge in [-0.2, -0.15) is 0 Å². The van der Waals surface area contributed by atoms with Gasteiger partial charge in [-0.15, -0.1) is 0 Å². The minimum absolute atomic E-state index is 0. The molecule has 0 aliphatic carbocycles. The largest absolute Gasteiger partial charge is 1.00 e. The Labute approximate surface area is 158 Å². The molecular weight excluding hydrogens is 324 g/mol. The Hall–Kier alpha value is -0.0600. The predicted molar refractivity (Wildman–Crippen MR) is 91.3 cm³/mol. The van der Waals surface area contributed by atoms with E-state index in [0.29, 0.717) is 12.3 Å². The maximum absolute atomic E-state index is 11.8. The van der Waals surface area contributed by atoms with Gasteiger partial charge in [-0.1, -0.05) is 72.9 Å². The minimum Gasteiger partial charge on any atom is -0.326 e. The molecule has 22 heavy (non-hydrogen) atoms. The van der Waals surface area contributed by atoms with Crippen LogP contribution in [0, 0.1) is 0 Å². The van der Waals surface area contributed by atoms with Crippen molar-refractivity contribution in [3.05, 3.63) is 60.2 Å². The Morgan fingerprint density at radius 1 is 1.05 bits per heavy atom. The van der Waals surface area contributed by atoms with Crippen LogP contribution < -0.4 is 34.6 Å². The summed E-state index contributed by atoms with van der Waals surface area (Å²) in [7, 11) is 0. The Morgan fingerprint density at radius 2 is 1.64 bits per heavy atom. The molecule has 0 saturated heterocycles. The molecule has 0 amide bonds. The van der Waals surface area contributed by atoms with Gasteiger partial charge in [0.25, 0.3) is 0 Å². The van der Waals surface area contributed by atoms with Crippen molar-refractivity contribution in [2.75, 3.05) is 5.75 Å². The molecule has 2 rings (SSSR count). The first-order chi connectivity index (χ1) is 10.1. The second-order valence-electron chi connectivity index (χ2n) is 4.75. The van der Waals surface area contributed by atoms with Crippen LogP contribution in [0.25, 0.3) is 11.1 Å². The monoisotopic (exact) mass is 344 g/mol. The quantitative estimate of drug-likeness (QED) is 0.593. The topological polar surface area (TPSA) is 49.3 Å². The predicted octanol–water partition coefficient (Wildman–Crippen LogP) is 1.69. The van der Waals surface area contributed by atoms with Gasteiger partial charge in [0.1, 0.15) is 0 Å². The molecule has 0 saturated carbocycles. The first-order valence-electron chi connectivity index (χ1n) is 6.97. The van der Waals surface area contributed by atoms with Crippen molar-refractivity contribution in [1.29, 1.82) is 0 Å². The van der Waals surface area contributed by atoms with Crippen LogP contribution in [0.5, 0.6) is 0 Å². The minimum atomic E-state index is -3.28. The molecule has 0 aliphatic rings. The molecule has 0 aromatic heterocycles. The molecule has 1 unspecified atom stereocenters. The smallest absolute Gasteiger partial charge is 0.326 e. The van der Waals surface area contributed by atoms with E-state index < -0.39 is 6.72 Å². The Kier molecular flexibility index (Phi) is 9.03. The number of nitrogens with one attached hydrogen (secondary N) is 1. The van der Waals surface area contributed by atoms with E-state index in [1.54, 1.807) is 0 Å². The molecule has 2 aromatic rings. The third kappa shape index (κ3) is 6.59. The van der Waals surface area contributed by atoms with E-state index in [2.05, 4.69) is 17.2 Å². The van der Waals surface area contributed by atoms with Crippen LogP contribution in [0.2, 0.25) is 0 Å². The summed E-state index contributed by atoms with van der Waals surface area (Å²) >= 11 is 1.10. The SMILES string of the molecule is CCCSP(=O)(O)NCc1ccc(-c2ccccc2)cc1.[Na+]. The zero-order chi connectivity index (χ0) is 15.1. The van der Waals surface area contributed by atoms with Gasteiger partial charge in [0.15, 0.2) is 0 Å². The van der Waals surface area contributed by atoms with E-state index in [1.807, 2.05) is 49.4 Å². The molecule has 1 atom stereocenters. The van der Waals surface area contributed by atoms with Crippen molar-refractivity contribution in [1.82, 2.24) is 5.09 Å². The third-order valence-corrected chi connectivity index (χ3v) is 6.50. The molecule has 0 spiro atoms. The van der Waals surface area contributed by atoms with Crippen molar-refractivity contribution in [2.45, 2.75) is 19.9 Å². The average Bonchev–Trinajstić information content (AvgIpc) is 2.53. The first-order valence-corrected chi connectivity index (χ1v) is 10.2. The van der Waals surface area contributed by atoms with Gasteiger partial charge in [0.2, 0.25) is 0 Å². The van der Waals surface area contributed by atoms with Crippen LogP contribution in [-0.4, -0.2) is 10.6 Å². The summed E-state index contributed by atoms with van der Waals surface area (Å²) in [6.07, 6.45) is 0.892. The molecule has 6 heteroatoms. The van der Waals surface area contributed by atoms with Gasteiger partial charge in [-0.05, 0) is 23.1 Å². The summed E-state index contributed by atoms with van der Waals surface area (Å²) in [5, 5.41) is 2.74. The molecule has 112 valence electrons. The number of rotatable bonds is 7. The second kappa shape index (κ2) is 9.94. The summed E-state index contributed by atoms with van der Waals surface area (Å²) in [5.41, 5.74) is 3.32. The molecule has 0 radical (unpaired) electrons. The summed E-state index contributed by atoms with van der Waals surface area (Å²) in [6.45, 7) is -0.880. The summed E-state index contributed by atoms with van der Waals surface area (Å²) in [5.74, 6) is 0.688. The van der Waals surface area contributed by atoms with Crippen molar-refractivity contribution < 1.29 is 39.0 Å². The van der Waals surface area contributed by atoms with Crippen molar-refractivity contribution in [2.24, 2.45) is 0 Å². The van der Waals surface area contributed by atoms with Crippen LogP contribution in [0.4, 0.5) is 0 Å². The van der Waals surface area contributed by atoms with Gasteiger partial charge in [0.05, 0.1) is 0 Å². The van der Waals surface area contributed by atoms with Gasteiger partial charge in [-0.25, -0.2) is 5.09 Å². The Bertz CT molecular complexity index is 607. The fourth-order valence-corrected chi connectivity index (χ4v) is 4.56. The van der Waals surface area contributed by atoms with Crippen molar-refractivity contribution in [3.8, 4) is 11.1 Å². The number of hydrogen-bond acceptors (Lipinski definition) is 2. The summed E-state index contributed by atoms with van der Waals surface area (Å²) in [4.78, 5) is 9.75. The molecule has 2 N–H and O–H groups in total. The van der Waals surface area contributed by atoms with Gasteiger partial charge in [-0.3, -0.25) is 4.57 Å². The molecule has 0 aliphatic heterocycles. The summed E-state index contributed by atoms with van der Waals surface area (Å²) in [6, 6.07) is 18.2. The molecular formula is C16H20NNaO2PS+. The zero-order valence-corrected chi connectivity index (χ0v) is 16.7. The van der Waals surface area contributed by atoms with E-state index >= 15 is 0 Å². The third-order valence-electron chi connectivity index (χ3n) is 3.01. The van der Waals surface area contributed by atoms with E-state index in [9.17, 15) is 9.46 Å². The normalized spacial score (nSPS) is 13.2. The Balaban J connectivity index is 0.00000242. The number of hydrogen-bond donors (Lipinski definition) is 2. The van der Waals surface area contributed by atoms with E-state index in [4.69, 9.17) is 0 Å². The number of benzene rings is 2. The van der Waals surface area contributed by atoms with E-state index in [1.165, 1.54) is 5.56 Å². The van der Waals surface area contributed by atoms with Crippen LogP contribution in [0.1, 0.15) is 18.9 Å². The Morgan fingerprint density at radius 3 is 2.23 bits per heavy atom. The van der Waals surface area contributed by atoms with Crippen LogP contribution in [-0.2, 0) is 11.1 Å². The molecule has 0 fully saturated rings. The van der Waals surface area contributed by atoms with Crippen molar-refractivity contribution >= 4 is 18.1 Å². The van der Waals surface area contributed by atoms with Crippen molar-refractivity contribution in [3.63, 3.8) is 0 Å². The maximum atomic E-state index is 11.8. The molecule has 2 aromatic carbocycles. The van der Waals surface area contributed by atoms with Gasteiger partial charge >= 0.3 is 36.3 Å². The van der Waals surface area contributed by atoms with Crippen LogP contribution in [0.15, 0.2) is 54.6 Å². The fourth-order valence-electron chi connectivity index (χ4n) is 1.90. The standard InChI is InChI=1S/C16H20NO2PS.Na/c1-2-12-21-20(18,19)17-13-14-8-10-16(11-9-14)15-6-4-3-5-7-15;/h3-11H,2,12-13H2,1H3,(H2,17,18,19);/q;+1. The summed E-state index contributed by atoms with van der Waals surface area (Å²) < 4.78 is 11.8. The molecule has 0 bridgehead atoms. The van der Waals surface area contributed by atoms with Gasteiger partial charge in [0, 0.05) is 12.3 Å². The molecule has 3 nitrogen and oxygen atoms in total. The van der Waals surface area contributed by atoms with Crippen LogP contribution >= 0.6 is 18.1 Å².